The fraction of sp³-hybridized carbons (Fsp3) is 0.333. The first-order valence-corrected chi connectivity index (χ1v) is 9.38. The van der Waals surface area contributed by atoms with Crippen molar-refractivity contribution in [3.05, 3.63) is 28.0 Å². The molecule has 23 heavy (non-hydrogen) atoms. The largest absolute Gasteiger partial charge is 0.489 e. The highest BCUT2D eigenvalue weighted by atomic mass is 79.9. The van der Waals surface area contributed by atoms with Gasteiger partial charge in [0.2, 0.25) is 0 Å². The van der Waals surface area contributed by atoms with Crippen LogP contribution in [0, 0.1) is 5.82 Å². The number of halogens is 3. The van der Waals surface area contributed by atoms with Crippen molar-refractivity contribution in [2.75, 3.05) is 30.9 Å². The molecule has 0 saturated carbocycles. The lowest BCUT2D eigenvalue weighted by atomic mass is 10.2. The average molecular weight is 419 g/mol. The minimum atomic E-state index is -0.498. The zero-order chi connectivity index (χ0) is 16.6. The fourth-order valence-electron chi connectivity index (χ4n) is 2.49. The maximum Gasteiger partial charge on any atom is 0.189 e. The van der Waals surface area contributed by atoms with Crippen LogP contribution < -0.4 is 9.64 Å². The lowest BCUT2D eigenvalue weighted by molar-refractivity contribution is 0.331. The lowest BCUT2D eigenvalue weighted by Crippen LogP contribution is -2.28. The molecule has 8 heteroatoms. The predicted molar refractivity (Wildman–Crippen MR) is 96.5 cm³/mol. The molecule has 0 bridgehead atoms. The van der Waals surface area contributed by atoms with Gasteiger partial charge in [-0.3, -0.25) is 0 Å². The van der Waals surface area contributed by atoms with Crippen LogP contribution in [0.25, 0.3) is 10.9 Å². The van der Waals surface area contributed by atoms with Gasteiger partial charge < -0.3 is 9.64 Å². The van der Waals surface area contributed by atoms with Gasteiger partial charge in [0, 0.05) is 6.54 Å². The van der Waals surface area contributed by atoms with Crippen LogP contribution in [0.1, 0.15) is 6.42 Å². The minimum absolute atomic E-state index is 0.165. The Morgan fingerprint density at radius 3 is 3.00 bits per heavy atom. The van der Waals surface area contributed by atoms with E-state index in [1.165, 1.54) is 11.8 Å². The first kappa shape index (κ1) is 16.8. The second kappa shape index (κ2) is 6.83. The normalized spacial score (nSPS) is 13.8. The Bertz CT molecular complexity index is 789. The summed E-state index contributed by atoms with van der Waals surface area (Å²) in [7, 11) is 0. The molecule has 0 atom stereocenters. The predicted octanol–water partition coefficient (Wildman–Crippen LogP) is 4.68. The van der Waals surface area contributed by atoms with Gasteiger partial charge >= 0.3 is 0 Å². The van der Waals surface area contributed by atoms with Crippen molar-refractivity contribution in [1.82, 2.24) is 9.97 Å². The Balaban J connectivity index is 2.35. The van der Waals surface area contributed by atoms with Crippen LogP contribution in [-0.2, 0) is 0 Å². The number of benzene rings is 1. The van der Waals surface area contributed by atoms with Crippen molar-refractivity contribution in [3.8, 4) is 5.75 Å². The monoisotopic (exact) mass is 417 g/mol. The van der Waals surface area contributed by atoms with Gasteiger partial charge in [-0.05, 0) is 28.6 Å². The number of anilines is 1. The van der Waals surface area contributed by atoms with E-state index in [1.807, 2.05) is 12.3 Å². The Kier molecular flexibility index (Phi) is 4.98. The summed E-state index contributed by atoms with van der Waals surface area (Å²) in [6, 6.07) is 0. The Hall–Kier alpha value is -1.05. The number of thioether (sulfide) groups is 1. The molecule has 0 N–H and O–H groups in total. The summed E-state index contributed by atoms with van der Waals surface area (Å²) in [6.45, 7) is 5.55. The van der Waals surface area contributed by atoms with E-state index in [9.17, 15) is 4.39 Å². The molecule has 0 fully saturated rings. The van der Waals surface area contributed by atoms with E-state index in [4.69, 9.17) is 16.3 Å². The van der Waals surface area contributed by atoms with Crippen LogP contribution in [-0.4, -0.2) is 35.9 Å². The van der Waals surface area contributed by atoms with E-state index in [0.29, 0.717) is 35.3 Å². The van der Waals surface area contributed by atoms with Gasteiger partial charge in [0.05, 0.1) is 16.4 Å². The molecule has 1 aromatic heterocycles. The van der Waals surface area contributed by atoms with Crippen molar-refractivity contribution in [2.24, 2.45) is 0 Å². The first-order chi connectivity index (χ1) is 11.1. The highest BCUT2D eigenvalue weighted by Gasteiger charge is 2.27. The van der Waals surface area contributed by atoms with E-state index >= 15 is 0 Å². The van der Waals surface area contributed by atoms with Gasteiger partial charge in [-0.2, -0.15) is 0 Å². The second-order valence-electron chi connectivity index (χ2n) is 4.94. The smallest absolute Gasteiger partial charge is 0.189 e. The third-order valence-electron chi connectivity index (χ3n) is 3.58. The molecule has 122 valence electrons. The fourth-order valence-corrected chi connectivity index (χ4v) is 3.45. The lowest BCUT2D eigenvalue weighted by Gasteiger charge is -2.22. The van der Waals surface area contributed by atoms with E-state index < -0.39 is 5.82 Å². The van der Waals surface area contributed by atoms with Crippen LogP contribution >= 0.6 is 39.3 Å². The Morgan fingerprint density at radius 1 is 1.52 bits per heavy atom. The van der Waals surface area contributed by atoms with Crippen molar-refractivity contribution in [1.29, 1.82) is 0 Å². The van der Waals surface area contributed by atoms with E-state index in [1.54, 1.807) is 0 Å². The highest BCUT2D eigenvalue weighted by Crippen LogP contribution is 2.45. The van der Waals surface area contributed by atoms with Crippen LogP contribution in [0.4, 0.5) is 10.2 Å². The molecule has 0 spiro atoms. The molecule has 1 aliphatic rings. The van der Waals surface area contributed by atoms with Crippen LogP contribution in [0.3, 0.4) is 0 Å². The number of hydrogen-bond acceptors (Lipinski definition) is 5. The Labute approximate surface area is 151 Å². The maximum absolute atomic E-state index is 14.7. The molecule has 0 saturated heterocycles. The first-order valence-electron chi connectivity index (χ1n) is 6.99. The third kappa shape index (κ3) is 2.90. The number of nitrogens with zero attached hydrogens (tertiary/aromatic N) is 3. The standard InChI is InChI=1S/C15H14BrClFN3OS/c1-3-4-5-21-6-7-22-13-8-12(11(18)9(16)10(13)17)19-15(23-2)20-14(8)21/h3H,1,4-7H2,2H3. The summed E-state index contributed by atoms with van der Waals surface area (Å²) in [5.74, 6) is 0.586. The van der Waals surface area contributed by atoms with Crippen LogP contribution in [0.5, 0.6) is 5.75 Å². The van der Waals surface area contributed by atoms with Crippen molar-refractivity contribution >= 4 is 56.0 Å². The Morgan fingerprint density at radius 2 is 2.30 bits per heavy atom. The summed E-state index contributed by atoms with van der Waals surface area (Å²) < 4.78 is 20.6. The van der Waals surface area contributed by atoms with Crippen molar-refractivity contribution < 1.29 is 9.13 Å². The molecule has 0 unspecified atom stereocenters. The van der Waals surface area contributed by atoms with Gasteiger partial charge in [-0.25, -0.2) is 14.4 Å². The summed E-state index contributed by atoms with van der Waals surface area (Å²) in [4.78, 5) is 11.0. The molecular formula is C15H14BrClFN3OS. The maximum atomic E-state index is 14.7. The molecule has 0 radical (unpaired) electrons. The van der Waals surface area contributed by atoms with Gasteiger partial charge in [0.15, 0.2) is 16.7 Å². The molecule has 0 amide bonds. The molecule has 1 aromatic carbocycles. The molecule has 3 rings (SSSR count). The van der Waals surface area contributed by atoms with Crippen LogP contribution in [0.2, 0.25) is 5.02 Å². The molecule has 2 heterocycles. The van der Waals surface area contributed by atoms with Crippen LogP contribution in [0.15, 0.2) is 22.3 Å². The summed E-state index contributed by atoms with van der Waals surface area (Å²) >= 11 is 10.8. The molecular weight excluding hydrogens is 405 g/mol. The second-order valence-corrected chi connectivity index (χ2v) is 6.89. The van der Waals surface area contributed by atoms with Gasteiger partial charge in [0.25, 0.3) is 0 Å². The minimum Gasteiger partial charge on any atom is -0.489 e. The topological polar surface area (TPSA) is 38.2 Å². The summed E-state index contributed by atoms with van der Waals surface area (Å²) in [5.41, 5.74) is 0.219. The van der Waals surface area contributed by atoms with E-state index in [-0.39, 0.29) is 15.0 Å². The number of rotatable bonds is 4. The number of hydrogen-bond donors (Lipinski definition) is 0. The summed E-state index contributed by atoms with van der Waals surface area (Å²) in [5, 5.41) is 1.24. The highest BCUT2D eigenvalue weighted by molar-refractivity contribution is 9.10. The molecule has 0 aliphatic carbocycles. The molecule has 4 nitrogen and oxygen atoms in total. The number of ether oxygens (including phenoxy) is 1. The molecule has 2 aromatic rings. The quantitative estimate of drug-likeness (QED) is 0.312. The van der Waals surface area contributed by atoms with Crippen molar-refractivity contribution in [2.45, 2.75) is 11.6 Å². The average Bonchev–Trinajstić information content (AvgIpc) is 2.75. The van der Waals surface area contributed by atoms with E-state index in [0.717, 1.165) is 13.0 Å². The molecule has 1 aliphatic heterocycles. The zero-order valence-electron chi connectivity index (χ0n) is 12.4. The van der Waals surface area contributed by atoms with Gasteiger partial charge in [-0.1, -0.05) is 29.4 Å². The van der Waals surface area contributed by atoms with Crippen molar-refractivity contribution in [3.63, 3.8) is 0 Å². The number of aromatic nitrogens is 2. The SMILES string of the molecule is C=CCCN1CCOc2c(Cl)c(Br)c(F)c3nc(SC)nc1c23. The zero-order valence-corrected chi connectivity index (χ0v) is 15.6. The summed E-state index contributed by atoms with van der Waals surface area (Å²) in [6.07, 6.45) is 4.50. The third-order valence-corrected chi connectivity index (χ3v) is 5.46. The van der Waals surface area contributed by atoms with Gasteiger partial charge in [0.1, 0.15) is 23.0 Å². The van der Waals surface area contributed by atoms with E-state index in [2.05, 4.69) is 37.4 Å². The van der Waals surface area contributed by atoms with Gasteiger partial charge in [-0.15, -0.1) is 6.58 Å².